The number of rotatable bonds is 3. The van der Waals surface area contributed by atoms with Crippen molar-refractivity contribution in [2.45, 2.75) is 38.3 Å². The Morgan fingerprint density at radius 2 is 1.88 bits per heavy atom. The maximum absolute atomic E-state index is 11.6. The van der Waals surface area contributed by atoms with E-state index in [0.29, 0.717) is 5.56 Å². The summed E-state index contributed by atoms with van der Waals surface area (Å²) in [7, 11) is 0. The Labute approximate surface area is 95.6 Å². The molecule has 0 atom stereocenters. The van der Waals surface area contributed by atoms with Gasteiger partial charge >= 0.3 is 5.97 Å². The molecule has 0 aliphatic heterocycles. The molecule has 0 aromatic heterocycles. The molecule has 2 rings (SSSR count). The van der Waals surface area contributed by atoms with E-state index in [1.165, 1.54) is 0 Å². The van der Waals surface area contributed by atoms with Gasteiger partial charge in [-0.1, -0.05) is 12.1 Å². The van der Waals surface area contributed by atoms with E-state index in [4.69, 9.17) is 10.5 Å². The summed E-state index contributed by atoms with van der Waals surface area (Å²) in [5, 5.41) is 0. The van der Waals surface area contributed by atoms with Crippen LogP contribution in [-0.4, -0.2) is 12.1 Å². The second-order valence-electron chi connectivity index (χ2n) is 4.69. The summed E-state index contributed by atoms with van der Waals surface area (Å²) in [6.07, 6.45) is 1.97. The first-order valence-corrected chi connectivity index (χ1v) is 5.62. The molecule has 0 bridgehead atoms. The fourth-order valence-electron chi connectivity index (χ4n) is 1.64. The summed E-state index contributed by atoms with van der Waals surface area (Å²) in [6.45, 7) is 3.68. The van der Waals surface area contributed by atoms with Crippen molar-refractivity contribution in [2.24, 2.45) is 5.73 Å². The molecule has 2 N–H and O–H groups in total. The van der Waals surface area contributed by atoms with Gasteiger partial charge < -0.3 is 10.5 Å². The highest BCUT2D eigenvalue weighted by Crippen LogP contribution is 2.42. The summed E-state index contributed by atoms with van der Waals surface area (Å²) in [5.74, 6) is -0.275. The fourth-order valence-corrected chi connectivity index (χ4v) is 1.64. The van der Waals surface area contributed by atoms with Gasteiger partial charge in [-0.05, 0) is 44.4 Å². The van der Waals surface area contributed by atoms with E-state index in [1.54, 1.807) is 12.1 Å². The lowest BCUT2D eigenvalue weighted by atomic mass is 10.0. The zero-order valence-electron chi connectivity index (χ0n) is 9.69. The van der Waals surface area contributed by atoms with Crippen molar-refractivity contribution in [3.05, 3.63) is 35.4 Å². The fraction of sp³-hybridized carbons (Fsp3) is 0.462. The van der Waals surface area contributed by atoms with Crippen LogP contribution in [-0.2, 0) is 10.3 Å². The van der Waals surface area contributed by atoms with Gasteiger partial charge in [0.1, 0.15) is 0 Å². The standard InChI is InChI=1S/C13H17NO2/c1-9(2)16-12(15)10-3-5-11(6-4-10)13(14)7-8-13/h3-6,9H,7-8,14H2,1-2H3. The summed E-state index contributed by atoms with van der Waals surface area (Å²) in [6, 6.07) is 7.41. The summed E-state index contributed by atoms with van der Waals surface area (Å²) in [4.78, 5) is 11.6. The number of esters is 1. The molecule has 0 spiro atoms. The minimum atomic E-state index is -0.275. The molecule has 0 amide bonds. The number of hydrogen-bond donors (Lipinski definition) is 1. The van der Waals surface area contributed by atoms with Crippen molar-refractivity contribution < 1.29 is 9.53 Å². The van der Waals surface area contributed by atoms with E-state index in [-0.39, 0.29) is 17.6 Å². The van der Waals surface area contributed by atoms with E-state index >= 15 is 0 Å². The predicted molar refractivity (Wildman–Crippen MR) is 62.1 cm³/mol. The zero-order chi connectivity index (χ0) is 11.8. The van der Waals surface area contributed by atoms with Gasteiger partial charge in [-0.15, -0.1) is 0 Å². The van der Waals surface area contributed by atoms with Crippen molar-refractivity contribution in [1.82, 2.24) is 0 Å². The Hall–Kier alpha value is -1.35. The van der Waals surface area contributed by atoms with Gasteiger partial charge in [0.25, 0.3) is 0 Å². The minimum absolute atomic E-state index is 0.0866. The van der Waals surface area contributed by atoms with Crippen LogP contribution in [0.3, 0.4) is 0 Å². The van der Waals surface area contributed by atoms with E-state index in [1.807, 2.05) is 26.0 Å². The highest BCUT2D eigenvalue weighted by molar-refractivity contribution is 5.89. The first kappa shape index (κ1) is 11.1. The lowest BCUT2D eigenvalue weighted by Gasteiger charge is -2.11. The normalized spacial score (nSPS) is 17.2. The minimum Gasteiger partial charge on any atom is -0.459 e. The first-order chi connectivity index (χ1) is 7.51. The second kappa shape index (κ2) is 3.91. The summed E-state index contributed by atoms with van der Waals surface area (Å²) >= 11 is 0. The van der Waals surface area contributed by atoms with Crippen LogP contribution in [0.4, 0.5) is 0 Å². The molecule has 1 aliphatic carbocycles. The highest BCUT2D eigenvalue weighted by Gasteiger charge is 2.39. The molecular weight excluding hydrogens is 202 g/mol. The third-order valence-electron chi connectivity index (χ3n) is 2.83. The van der Waals surface area contributed by atoms with Crippen molar-refractivity contribution in [1.29, 1.82) is 0 Å². The first-order valence-electron chi connectivity index (χ1n) is 5.62. The van der Waals surface area contributed by atoms with Crippen molar-refractivity contribution in [3.63, 3.8) is 0 Å². The molecule has 3 nitrogen and oxygen atoms in total. The molecule has 3 heteroatoms. The SMILES string of the molecule is CC(C)OC(=O)c1ccc(C2(N)CC2)cc1. The number of benzene rings is 1. The largest absolute Gasteiger partial charge is 0.459 e. The predicted octanol–water partition coefficient (Wildman–Crippen LogP) is 2.20. The molecule has 1 saturated carbocycles. The van der Waals surface area contributed by atoms with E-state index in [9.17, 15) is 4.79 Å². The molecule has 0 unspecified atom stereocenters. The van der Waals surface area contributed by atoms with Crippen molar-refractivity contribution in [2.75, 3.05) is 0 Å². The number of nitrogens with two attached hydrogens (primary N) is 1. The van der Waals surface area contributed by atoms with Crippen LogP contribution >= 0.6 is 0 Å². The van der Waals surface area contributed by atoms with E-state index < -0.39 is 0 Å². The molecule has 0 saturated heterocycles. The average molecular weight is 219 g/mol. The Morgan fingerprint density at radius 1 is 1.31 bits per heavy atom. The average Bonchev–Trinajstić information content (AvgIpc) is 2.97. The van der Waals surface area contributed by atoms with E-state index in [2.05, 4.69) is 0 Å². The van der Waals surface area contributed by atoms with Gasteiger partial charge in [0.05, 0.1) is 11.7 Å². The van der Waals surface area contributed by atoms with Gasteiger partial charge in [0.15, 0.2) is 0 Å². The maximum atomic E-state index is 11.6. The number of hydrogen-bond acceptors (Lipinski definition) is 3. The van der Waals surface area contributed by atoms with Gasteiger partial charge in [-0.2, -0.15) is 0 Å². The highest BCUT2D eigenvalue weighted by atomic mass is 16.5. The van der Waals surface area contributed by atoms with Crippen LogP contribution in [0.1, 0.15) is 42.6 Å². The summed E-state index contributed by atoms with van der Waals surface area (Å²) in [5.41, 5.74) is 7.61. The molecule has 0 radical (unpaired) electrons. The van der Waals surface area contributed by atoms with Crippen LogP contribution in [0.5, 0.6) is 0 Å². The van der Waals surface area contributed by atoms with E-state index in [0.717, 1.165) is 18.4 Å². The lowest BCUT2D eigenvalue weighted by Crippen LogP contribution is -2.19. The molecule has 1 aromatic rings. The van der Waals surface area contributed by atoms with Crippen LogP contribution in [0.25, 0.3) is 0 Å². The van der Waals surface area contributed by atoms with Crippen LogP contribution in [0.15, 0.2) is 24.3 Å². The topological polar surface area (TPSA) is 52.3 Å². The monoisotopic (exact) mass is 219 g/mol. The van der Waals surface area contributed by atoms with Gasteiger partial charge in [0.2, 0.25) is 0 Å². The molecule has 16 heavy (non-hydrogen) atoms. The number of carbonyl (C=O) groups excluding carboxylic acids is 1. The summed E-state index contributed by atoms with van der Waals surface area (Å²) < 4.78 is 5.11. The molecule has 1 fully saturated rings. The quantitative estimate of drug-likeness (QED) is 0.793. The van der Waals surface area contributed by atoms with Gasteiger partial charge in [0, 0.05) is 5.54 Å². The Morgan fingerprint density at radius 3 is 2.31 bits per heavy atom. The smallest absolute Gasteiger partial charge is 0.338 e. The third kappa shape index (κ3) is 2.25. The van der Waals surface area contributed by atoms with Crippen molar-refractivity contribution in [3.8, 4) is 0 Å². The third-order valence-corrected chi connectivity index (χ3v) is 2.83. The van der Waals surface area contributed by atoms with Gasteiger partial charge in [-0.25, -0.2) is 4.79 Å². The second-order valence-corrected chi connectivity index (χ2v) is 4.69. The molecular formula is C13H17NO2. The number of ether oxygens (including phenoxy) is 1. The van der Waals surface area contributed by atoms with Crippen LogP contribution in [0, 0.1) is 0 Å². The van der Waals surface area contributed by atoms with Gasteiger partial charge in [-0.3, -0.25) is 0 Å². The molecule has 1 aromatic carbocycles. The molecule has 0 heterocycles. The Kier molecular flexibility index (Phi) is 2.72. The van der Waals surface area contributed by atoms with Crippen LogP contribution in [0.2, 0.25) is 0 Å². The Bertz CT molecular complexity index is 391. The molecule has 1 aliphatic rings. The Balaban J connectivity index is 2.10. The molecule has 86 valence electrons. The zero-order valence-corrected chi connectivity index (χ0v) is 9.69. The van der Waals surface area contributed by atoms with Crippen molar-refractivity contribution >= 4 is 5.97 Å². The number of carbonyl (C=O) groups is 1. The van der Waals surface area contributed by atoms with Crippen LogP contribution < -0.4 is 5.73 Å². The lowest BCUT2D eigenvalue weighted by molar-refractivity contribution is 0.0378. The maximum Gasteiger partial charge on any atom is 0.338 e.